The minimum atomic E-state index is -4.00. The molecular weight excluding hydrogens is 606 g/mol. The van der Waals surface area contributed by atoms with Gasteiger partial charge in [0.25, 0.3) is 10.0 Å². The number of nitrogens with one attached hydrogen (secondary N) is 1. The zero-order valence-corrected chi connectivity index (χ0v) is 24.4. The summed E-state index contributed by atoms with van der Waals surface area (Å²) in [6, 6.07) is 20.8. The van der Waals surface area contributed by atoms with Gasteiger partial charge in [-0.15, -0.1) is 0 Å². The number of piperidine rings is 1. The Hall–Kier alpha value is -2.93. The smallest absolute Gasteiger partial charge is 0.264 e. The third kappa shape index (κ3) is 7.38. The third-order valence-corrected chi connectivity index (χ3v) is 10.4. The van der Waals surface area contributed by atoms with Gasteiger partial charge in [0.1, 0.15) is 18.9 Å². The van der Waals surface area contributed by atoms with E-state index in [1.165, 1.54) is 28.6 Å². The second-order valence-corrected chi connectivity index (χ2v) is 13.7. The Balaban J connectivity index is 1.34. The average molecular weight is 637 g/mol. The van der Waals surface area contributed by atoms with Crippen LogP contribution < -0.4 is 14.4 Å². The number of carbonyl (C=O) groups excluding carboxylic acids is 1. The van der Waals surface area contributed by atoms with Crippen molar-refractivity contribution in [2.45, 2.75) is 29.1 Å². The lowest BCUT2D eigenvalue weighted by atomic mass is 10.2. The normalized spacial score (nSPS) is 14.5. The van der Waals surface area contributed by atoms with E-state index >= 15 is 0 Å². The quantitative estimate of drug-likeness (QED) is 0.319. The fraction of sp³-hybridized carbons (Fsp3) is 0.296. The molecule has 0 unspecified atom stereocenters. The average Bonchev–Trinajstić information content (AvgIpc) is 2.95. The van der Waals surface area contributed by atoms with E-state index in [2.05, 4.69) is 21.2 Å². The van der Waals surface area contributed by atoms with Crippen molar-refractivity contribution in [3.63, 3.8) is 0 Å². The van der Waals surface area contributed by atoms with Crippen LogP contribution in [0.5, 0.6) is 5.75 Å². The van der Waals surface area contributed by atoms with Gasteiger partial charge in [-0.05, 0) is 67.4 Å². The van der Waals surface area contributed by atoms with Crippen molar-refractivity contribution in [2.75, 3.05) is 37.1 Å². The lowest BCUT2D eigenvalue weighted by Gasteiger charge is -2.25. The van der Waals surface area contributed by atoms with Crippen LogP contribution in [0.4, 0.5) is 5.69 Å². The van der Waals surface area contributed by atoms with Crippen molar-refractivity contribution < 1.29 is 26.4 Å². The number of hydrogen-bond acceptors (Lipinski definition) is 6. The van der Waals surface area contributed by atoms with Gasteiger partial charge < -0.3 is 10.1 Å². The second kappa shape index (κ2) is 12.9. The molecule has 1 heterocycles. The first-order valence-corrected chi connectivity index (χ1v) is 16.2. The van der Waals surface area contributed by atoms with Gasteiger partial charge in [0.2, 0.25) is 15.9 Å². The van der Waals surface area contributed by atoms with Gasteiger partial charge >= 0.3 is 0 Å². The molecule has 0 aromatic heterocycles. The fourth-order valence-corrected chi connectivity index (χ4v) is 7.51. The van der Waals surface area contributed by atoms with Gasteiger partial charge in [0, 0.05) is 17.6 Å². The number of sulfonamides is 2. The summed E-state index contributed by atoms with van der Waals surface area (Å²) in [7, 11) is -7.52. The van der Waals surface area contributed by atoms with Crippen LogP contribution in [0.15, 0.2) is 93.1 Å². The zero-order chi connectivity index (χ0) is 27.9. The largest absolute Gasteiger partial charge is 0.492 e. The van der Waals surface area contributed by atoms with Gasteiger partial charge in [-0.3, -0.25) is 9.10 Å². The SMILES string of the molecule is O=C(CN(c1cccc(Br)c1)S(=O)(=O)c1ccccc1)NCCOc1ccc(S(=O)(=O)N2CCCCC2)cc1. The van der Waals surface area contributed by atoms with E-state index in [4.69, 9.17) is 4.74 Å². The van der Waals surface area contributed by atoms with Crippen LogP contribution in [0.2, 0.25) is 0 Å². The molecule has 3 aromatic carbocycles. The molecule has 12 heteroatoms. The van der Waals surface area contributed by atoms with E-state index in [0.29, 0.717) is 29.0 Å². The number of nitrogens with zero attached hydrogens (tertiary/aromatic N) is 2. The first-order valence-electron chi connectivity index (χ1n) is 12.5. The lowest BCUT2D eigenvalue weighted by Crippen LogP contribution is -2.41. The Morgan fingerprint density at radius 3 is 2.23 bits per heavy atom. The predicted octanol–water partition coefficient (Wildman–Crippen LogP) is 4.01. The van der Waals surface area contributed by atoms with Crippen LogP contribution in [-0.2, 0) is 24.8 Å². The summed E-state index contributed by atoms with van der Waals surface area (Å²) in [6.07, 6.45) is 2.77. The first-order chi connectivity index (χ1) is 18.7. The molecule has 39 heavy (non-hydrogen) atoms. The summed E-state index contributed by atoms with van der Waals surface area (Å²) in [5.74, 6) is -0.0367. The van der Waals surface area contributed by atoms with Crippen molar-refractivity contribution in [1.29, 1.82) is 0 Å². The molecule has 1 saturated heterocycles. The van der Waals surface area contributed by atoms with Crippen LogP contribution in [0, 0.1) is 0 Å². The molecule has 0 bridgehead atoms. The Kier molecular flexibility index (Phi) is 9.65. The maximum Gasteiger partial charge on any atom is 0.264 e. The van der Waals surface area contributed by atoms with Crippen LogP contribution >= 0.6 is 15.9 Å². The van der Waals surface area contributed by atoms with Crippen molar-refractivity contribution >= 4 is 47.6 Å². The van der Waals surface area contributed by atoms with Crippen molar-refractivity contribution in [3.8, 4) is 5.75 Å². The maximum absolute atomic E-state index is 13.4. The van der Waals surface area contributed by atoms with E-state index in [-0.39, 0.29) is 22.9 Å². The molecule has 9 nitrogen and oxygen atoms in total. The number of anilines is 1. The van der Waals surface area contributed by atoms with Crippen LogP contribution in [0.3, 0.4) is 0 Å². The molecule has 0 atom stereocenters. The summed E-state index contributed by atoms with van der Waals surface area (Å²) >= 11 is 3.35. The Morgan fingerprint density at radius 1 is 0.872 bits per heavy atom. The molecule has 0 spiro atoms. The summed E-state index contributed by atoms with van der Waals surface area (Å²) < 4.78 is 61.2. The van der Waals surface area contributed by atoms with E-state index in [0.717, 1.165) is 23.6 Å². The van der Waals surface area contributed by atoms with Gasteiger partial charge in [-0.2, -0.15) is 4.31 Å². The molecule has 0 aliphatic carbocycles. The van der Waals surface area contributed by atoms with Crippen LogP contribution in [0.1, 0.15) is 19.3 Å². The highest BCUT2D eigenvalue weighted by Crippen LogP contribution is 2.26. The van der Waals surface area contributed by atoms with Gasteiger partial charge in [-0.25, -0.2) is 16.8 Å². The minimum Gasteiger partial charge on any atom is -0.492 e. The summed E-state index contributed by atoms with van der Waals surface area (Å²) in [5.41, 5.74) is 0.347. The highest BCUT2D eigenvalue weighted by atomic mass is 79.9. The molecule has 1 N–H and O–H groups in total. The predicted molar refractivity (Wildman–Crippen MR) is 153 cm³/mol. The van der Waals surface area contributed by atoms with E-state index in [1.807, 2.05) is 0 Å². The fourth-order valence-electron chi connectivity index (χ4n) is 4.17. The van der Waals surface area contributed by atoms with Crippen LogP contribution in [0.25, 0.3) is 0 Å². The molecule has 1 fully saturated rings. The Morgan fingerprint density at radius 2 is 1.56 bits per heavy atom. The number of halogens is 1. The number of rotatable bonds is 11. The van der Waals surface area contributed by atoms with Crippen LogP contribution in [-0.4, -0.2) is 59.8 Å². The van der Waals surface area contributed by atoms with Crippen molar-refractivity contribution in [3.05, 3.63) is 83.3 Å². The van der Waals surface area contributed by atoms with Gasteiger partial charge in [0.15, 0.2) is 0 Å². The molecule has 208 valence electrons. The molecular formula is C27H30BrN3O6S2. The van der Waals surface area contributed by atoms with Gasteiger partial charge in [0.05, 0.1) is 22.0 Å². The molecule has 3 aromatic rings. The highest BCUT2D eigenvalue weighted by Gasteiger charge is 2.28. The number of hydrogen-bond donors (Lipinski definition) is 1. The van der Waals surface area contributed by atoms with E-state index in [9.17, 15) is 21.6 Å². The maximum atomic E-state index is 13.4. The molecule has 1 aliphatic rings. The molecule has 0 saturated carbocycles. The third-order valence-electron chi connectivity index (χ3n) is 6.18. The Bertz CT molecular complexity index is 1480. The summed E-state index contributed by atoms with van der Waals surface area (Å²) in [5, 5.41) is 2.69. The van der Waals surface area contributed by atoms with Crippen molar-refractivity contribution in [2.24, 2.45) is 0 Å². The minimum absolute atomic E-state index is 0.0758. The monoisotopic (exact) mass is 635 g/mol. The Labute approximate surface area is 238 Å². The van der Waals surface area contributed by atoms with E-state index < -0.39 is 32.5 Å². The van der Waals surface area contributed by atoms with Crippen molar-refractivity contribution in [1.82, 2.24) is 9.62 Å². The van der Waals surface area contributed by atoms with E-state index in [1.54, 1.807) is 54.6 Å². The molecule has 1 aliphatic heterocycles. The molecule has 4 rings (SSSR count). The summed E-state index contributed by atoms with van der Waals surface area (Å²) in [6.45, 7) is 0.894. The zero-order valence-electron chi connectivity index (χ0n) is 21.2. The topological polar surface area (TPSA) is 113 Å². The first kappa shape index (κ1) is 29.1. The molecule has 0 radical (unpaired) electrons. The standard InChI is InChI=1S/C27H30BrN3O6S2/c28-22-8-7-9-23(20-22)31(39(35,36)25-10-3-1-4-11-25)21-27(32)29-16-19-37-24-12-14-26(15-13-24)38(33,34)30-17-5-2-6-18-30/h1,3-4,7-15,20H,2,5-6,16-19,21H2,(H,29,32). The summed E-state index contributed by atoms with van der Waals surface area (Å²) in [4.78, 5) is 13.0. The lowest BCUT2D eigenvalue weighted by molar-refractivity contribution is -0.119. The number of carbonyl (C=O) groups is 1. The molecule has 1 amide bonds. The number of benzene rings is 3. The van der Waals surface area contributed by atoms with Gasteiger partial charge in [-0.1, -0.05) is 46.6 Å². The number of amides is 1. The highest BCUT2D eigenvalue weighted by molar-refractivity contribution is 9.10. The second-order valence-electron chi connectivity index (χ2n) is 8.94. The number of ether oxygens (including phenoxy) is 1.